The van der Waals surface area contributed by atoms with Crippen LogP contribution in [0.1, 0.15) is 11.3 Å². The molecule has 0 radical (unpaired) electrons. The second-order valence-corrected chi connectivity index (χ2v) is 3.44. The SMILES string of the molecule is NCCOC(Cl)c1noc2ccccc12. The molecule has 4 nitrogen and oxygen atoms in total. The zero-order chi connectivity index (χ0) is 10.7. The van der Waals surface area contributed by atoms with E-state index in [1.807, 2.05) is 24.3 Å². The van der Waals surface area contributed by atoms with E-state index >= 15 is 0 Å². The van der Waals surface area contributed by atoms with Crippen molar-refractivity contribution in [1.29, 1.82) is 0 Å². The number of nitrogens with zero attached hydrogens (tertiary/aromatic N) is 1. The zero-order valence-electron chi connectivity index (χ0n) is 8.02. The quantitative estimate of drug-likeness (QED) is 0.811. The summed E-state index contributed by atoms with van der Waals surface area (Å²) in [5.41, 5.74) is 6.00. The maximum atomic E-state index is 6.01. The summed E-state index contributed by atoms with van der Waals surface area (Å²) in [7, 11) is 0. The van der Waals surface area contributed by atoms with Crippen molar-refractivity contribution < 1.29 is 9.26 Å². The average Bonchev–Trinajstić information content (AvgIpc) is 2.69. The molecule has 0 saturated heterocycles. The molecule has 0 aliphatic heterocycles. The highest BCUT2D eigenvalue weighted by molar-refractivity contribution is 6.20. The van der Waals surface area contributed by atoms with E-state index in [1.54, 1.807) is 0 Å². The van der Waals surface area contributed by atoms with Gasteiger partial charge >= 0.3 is 0 Å². The van der Waals surface area contributed by atoms with Gasteiger partial charge in [-0.05, 0) is 12.1 Å². The Balaban J connectivity index is 2.27. The third-order valence-corrected chi connectivity index (χ3v) is 2.34. The van der Waals surface area contributed by atoms with Gasteiger partial charge in [0.15, 0.2) is 11.1 Å². The molecule has 5 heteroatoms. The Morgan fingerprint density at radius 1 is 1.47 bits per heavy atom. The molecule has 0 amide bonds. The van der Waals surface area contributed by atoms with Gasteiger partial charge in [-0.25, -0.2) is 0 Å². The standard InChI is InChI=1S/C10H11ClN2O2/c11-10(14-6-5-12)9-7-3-1-2-4-8(7)15-13-9/h1-4,10H,5-6,12H2. The minimum atomic E-state index is -0.614. The fourth-order valence-corrected chi connectivity index (χ4v) is 1.57. The van der Waals surface area contributed by atoms with E-state index < -0.39 is 5.56 Å². The Kier molecular flexibility index (Phi) is 3.20. The van der Waals surface area contributed by atoms with E-state index in [-0.39, 0.29) is 0 Å². The second-order valence-electron chi connectivity index (χ2n) is 3.04. The van der Waals surface area contributed by atoms with Crippen molar-refractivity contribution in [2.45, 2.75) is 5.56 Å². The lowest BCUT2D eigenvalue weighted by molar-refractivity contribution is 0.111. The maximum Gasteiger partial charge on any atom is 0.177 e. The van der Waals surface area contributed by atoms with Crippen LogP contribution in [0.3, 0.4) is 0 Å². The smallest absolute Gasteiger partial charge is 0.177 e. The van der Waals surface area contributed by atoms with Gasteiger partial charge in [0.25, 0.3) is 0 Å². The van der Waals surface area contributed by atoms with E-state index in [0.717, 1.165) is 5.39 Å². The highest BCUT2D eigenvalue weighted by Gasteiger charge is 2.16. The molecule has 0 spiro atoms. The van der Waals surface area contributed by atoms with Crippen LogP contribution in [0, 0.1) is 0 Å². The van der Waals surface area contributed by atoms with E-state index in [9.17, 15) is 0 Å². The zero-order valence-corrected chi connectivity index (χ0v) is 8.78. The van der Waals surface area contributed by atoms with Crippen molar-refractivity contribution in [3.05, 3.63) is 30.0 Å². The predicted octanol–water partition coefficient (Wildman–Crippen LogP) is 2.04. The van der Waals surface area contributed by atoms with Crippen molar-refractivity contribution in [2.24, 2.45) is 5.73 Å². The largest absolute Gasteiger partial charge is 0.356 e. The lowest BCUT2D eigenvalue weighted by atomic mass is 10.2. The molecule has 1 atom stereocenters. The maximum absolute atomic E-state index is 6.01. The van der Waals surface area contributed by atoms with E-state index in [1.165, 1.54) is 0 Å². The topological polar surface area (TPSA) is 61.3 Å². The van der Waals surface area contributed by atoms with Crippen LogP contribution in [0.15, 0.2) is 28.8 Å². The third kappa shape index (κ3) is 2.12. The van der Waals surface area contributed by atoms with Gasteiger partial charge in [0.05, 0.1) is 6.61 Å². The van der Waals surface area contributed by atoms with Crippen LogP contribution >= 0.6 is 11.6 Å². The van der Waals surface area contributed by atoms with Crippen molar-refractivity contribution in [3.63, 3.8) is 0 Å². The first kappa shape index (κ1) is 10.4. The van der Waals surface area contributed by atoms with Crippen molar-refractivity contribution in [3.8, 4) is 0 Å². The molecule has 1 aromatic carbocycles. The minimum absolute atomic E-state index is 0.398. The number of aromatic nitrogens is 1. The molecule has 2 aromatic rings. The van der Waals surface area contributed by atoms with Gasteiger partial charge in [0.1, 0.15) is 5.69 Å². The average molecular weight is 227 g/mol. The highest BCUT2D eigenvalue weighted by atomic mass is 35.5. The Morgan fingerprint density at radius 2 is 2.27 bits per heavy atom. The number of rotatable bonds is 4. The van der Waals surface area contributed by atoms with Crippen LogP contribution in [-0.4, -0.2) is 18.3 Å². The second kappa shape index (κ2) is 4.61. The molecule has 0 saturated carbocycles. The lowest BCUT2D eigenvalue weighted by Gasteiger charge is -2.06. The summed E-state index contributed by atoms with van der Waals surface area (Å²) >= 11 is 6.01. The Morgan fingerprint density at radius 3 is 3.07 bits per heavy atom. The molecule has 1 aromatic heterocycles. The molecule has 0 bridgehead atoms. The van der Waals surface area contributed by atoms with Gasteiger partial charge < -0.3 is 15.0 Å². The number of nitrogens with two attached hydrogens (primary N) is 1. The fraction of sp³-hybridized carbons (Fsp3) is 0.300. The molecule has 80 valence electrons. The molecule has 15 heavy (non-hydrogen) atoms. The fourth-order valence-electron chi connectivity index (χ4n) is 1.32. The Bertz CT molecular complexity index is 444. The number of alkyl halides is 1. The Labute approximate surface area is 91.9 Å². The Hall–Kier alpha value is -1.10. The monoisotopic (exact) mass is 226 g/mol. The minimum Gasteiger partial charge on any atom is -0.356 e. The molecule has 2 N–H and O–H groups in total. The molecule has 0 aliphatic rings. The lowest BCUT2D eigenvalue weighted by Crippen LogP contribution is -2.10. The molecule has 0 fully saturated rings. The highest BCUT2D eigenvalue weighted by Crippen LogP contribution is 2.28. The van der Waals surface area contributed by atoms with Gasteiger partial charge in [0, 0.05) is 11.9 Å². The number of hydrogen-bond donors (Lipinski definition) is 1. The normalized spacial score (nSPS) is 13.2. The molecule has 1 unspecified atom stereocenters. The summed E-state index contributed by atoms with van der Waals surface area (Å²) in [6.07, 6.45) is 0. The van der Waals surface area contributed by atoms with Crippen molar-refractivity contribution >= 4 is 22.6 Å². The first-order valence-corrected chi connectivity index (χ1v) is 5.06. The van der Waals surface area contributed by atoms with E-state index in [2.05, 4.69) is 5.16 Å². The van der Waals surface area contributed by atoms with Gasteiger partial charge in [-0.15, -0.1) is 0 Å². The molecule has 1 heterocycles. The number of benzene rings is 1. The molecular formula is C10H11ClN2O2. The summed E-state index contributed by atoms with van der Waals surface area (Å²) in [4.78, 5) is 0. The van der Waals surface area contributed by atoms with Crippen LogP contribution in [0.4, 0.5) is 0 Å². The number of para-hydroxylation sites is 1. The summed E-state index contributed by atoms with van der Waals surface area (Å²) in [6, 6.07) is 7.50. The summed E-state index contributed by atoms with van der Waals surface area (Å²) in [5, 5.41) is 4.75. The first-order chi connectivity index (χ1) is 7.33. The molecule has 0 aliphatic carbocycles. The van der Waals surface area contributed by atoms with Crippen LogP contribution < -0.4 is 5.73 Å². The van der Waals surface area contributed by atoms with Crippen molar-refractivity contribution in [1.82, 2.24) is 5.16 Å². The number of hydrogen-bond acceptors (Lipinski definition) is 4. The number of ether oxygens (including phenoxy) is 1. The molecule has 2 rings (SSSR count). The third-order valence-electron chi connectivity index (χ3n) is 2.00. The summed E-state index contributed by atoms with van der Waals surface area (Å²) in [6.45, 7) is 0.828. The predicted molar refractivity (Wildman–Crippen MR) is 57.6 cm³/mol. The number of fused-ring (bicyclic) bond motifs is 1. The van der Waals surface area contributed by atoms with Crippen LogP contribution in [0.2, 0.25) is 0 Å². The molecular weight excluding hydrogens is 216 g/mol. The van der Waals surface area contributed by atoms with E-state index in [0.29, 0.717) is 24.4 Å². The van der Waals surface area contributed by atoms with E-state index in [4.69, 9.17) is 26.6 Å². The summed E-state index contributed by atoms with van der Waals surface area (Å²) in [5.74, 6) is 0. The van der Waals surface area contributed by atoms with Crippen LogP contribution in [0.25, 0.3) is 11.0 Å². The summed E-state index contributed by atoms with van der Waals surface area (Å²) < 4.78 is 10.4. The van der Waals surface area contributed by atoms with Gasteiger partial charge in [-0.3, -0.25) is 0 Å². The van der Waals surface area contributed by atoms with Crippen LogP contribution in [0.5, 0.6) is 0 Å². The van der Waals surface area contributed by atoms with Crippen molar-refractivity contribution in [2.75, 3.05) is 13.2 Å². The van der Waals surface area contributed by atoms with Gasteiger partial charge in [-0.1, -0.05) is 28.9 Å². The first-order valence-electron chi connectivity index (χ1n) is 4.63. The van der Waals surface area contributed by atoms with Gasteiger partial charge in [-0.2, -0.15) is 0 Å². The van der Waals surface area contributed by atoms with Crippen LogP contribution in [-0.2, 0) is 4.74 Å². The van der Waals surface area contributed by atoms with Gasteiger partial charge in [0.2, 0.25) is 0 Å². The number of halogens is 1.